The second-order valence-electron chi connectivity index (χ2n) is 5.65. The van der Waals surface area contributed by atoms with E-state index in [9.17, 15) is 4.79 Å². The summed E-state index contributed by atoms with van der Waals surface area (Å²) in [5.74, 6) is 0.154. The first-order chi connectivity index (χ1) is 10.6. The lowest BCUT2D eigenvalue weighted by atomic mass is 10.3. The number of thiophene rings is 1. The Morgan fingerprint density at radius 2 is 2.14 bits per heavy atom. The Hall–Kier alpha value is -1.24. The van der Waals surface area contributed by atoms with Crippen LogP contribution in [0.4, 0.5) is 0 Å². The zero-order valence-electron chi connectivity index (χ0n) is 13.0. The molecule has 0 atom stereocenters. The summed E-state index contributed by atoms with van der Waals surface area (Å²) >= 11 is 3.32. The van der Waals surface area contributed by atoms with Crippen LogP contribution in [-0.2, 0) is 6.54 Å². The van der Waals surface area contributed by atoms with Crippen LogP contribution in [0, 0.1) is 13.8 Å². The molecule has 118 valence electrons. The van der Waals surface area contributed by atoms with E-state index in [2.05, 4.69) is 27.4 Å². The second kappa shape index (κ2) is 6.89. The fourth-order valence-corrected chi connectivity index (χ4v) is 4.46. The first-order valence-electron chi connectivity index (χ1n) is 7.61. The highest BCUT2D eigenvalue weighted by Gasteiger charge is 2.23. The summed E-state index contributed by atoms with van der Waals surface area (Å²) in [6, 6.07) is 4.28. The molecule has 6 heteroatoms. The Kier molecular flexibility index (Phi) is 4.90. The van der Waals surface area contributed by atoms with E-state index in [0.29, 0.717) is 0 Å². The van der Waals surface area contributed by atoms with Gasteiger partial charge in [-0.15, -0.1) is 22.7 Å². The van der Waals surface area contributed by atoms with Gasteiger partial charge >= 0.3 is 0 Å². The SMILES string of the molecule is Cc1nc(C)c(C(=O)N2CCCN(Cc3cccs3)CC2)s1. The van der Waals surface area contributed by atoms with E-state index < -0.39 is 0 Å². The van der Waals surface area contributed by atoms with E-state index in [1.54, 1.807) is 11.3 Å². The lowest BCUT2D eigenvalue weighted by Crippen LogP contribution is -2.35. The van der Waals surface area contributed by atoms with Gasteiger partial charge in [0.15, 0.2) is 0 Å². The van der Waals surface area contributed by atoms with Crippen LogP contribution < -0.4 is 0 Å². The molecule has 2 aromatic heterocycles. The summed E-state index contributed by atoms with van der Waals surface area (Å²) < 4.78 is 0. The van der Waals surface area contributed by atoms with Crippen molar-refractivity contribution in [1.82, 2.24) is 14.8 Å². The maximum atomic E-state index is 12.7. The number of nitrogens with zero attached hydrogens (tertiary/aromatic N) is 3. The van der Waals surface area contributed by atoms with Gasteiger partial charge in [0.1, 0.15) is 4.88 Å². The molecule has 1 saturated heterocycles. The molecule has 3 heterocycles. The lowest BCUT2D eigenvalue weighted by Gasteiger charge is -2.21. The van der Waals surface area contributed by atoms with Gasteiger partial charge in [0, 0.05) is 37.6 Å². The average Bonchev–Trinajstić information content (AvgIpc) is 3.03. The minimum atomic E-state index is 0.154. The molecule has 0 unspecified atom stereocenters. The summed E-state index contributed by atoms with van der Waals surface area (Å²) in [4.78, 5) is 23.7. The number of rotatable bonds is 3. The van der Waals surface area contributed by atoms with Crippen LogP contribution in [0.5, 0.6) is 0 Å². The number of carbonyl (C=O) groups excluding carboxylic acids is 1. The van der Waals surface area contributed by atoms with E-state index in [1.807, 2.05) is 18.7 Å². The van der Waals surface area contributed by atoms with Crippen molar-refractivity contribution in [2.75, 3.05) is 26.2 Å². The van der Waals surface area contributed by atoms with Crippen molar-refractivity contribution in [3.63, 3.8) is 0 Å². The van der Waals surface area contributed by atoms with Crippen molar-refractivity contribution in [3.8, 4) is 0 Å². The monoisotopic (exact) mass is 335 g/mol. The van der Waals surface area contributed by atoms with Crippen molar-refractivity contribution in [1.29, 1.82) is 0 Å². The minimum Gasteiger partial charge on any atom is -0.337 e. The van der Waals surface area contributed by atoms with E-state index in [-0.39, 0.29) is 5.91 Å². The van der Waals surface area contributed by atoms with Crippen molar-refractivity contribution >= 4 is 28.6 Å². The Bertz CT molecular complexity index is 636. The first kappa shape index (κ1) is 15.6. The van der Waals surface area contributed by atoms with Crippen LogP contribution in [-0.4, -0.2) is 46.9 Å². The molecule has 3 rings (SSSR count). The van der Waals surface area contributed by atoms with Gasteiger partial charge in [0.25, 0.3) is 5.91 Å². The number of hydrogen-bond donors (Lipinski definition) is 0. The van der Waals surface area contributed by atoms with Gasteiger partial charge in [0.2, 0.25) is 0 Å². The minimum absolute atomic E-state index is 0.154. The number of aromatic nitrogens is 1. The fourth-order valence-electron chi connectivity index (χ4n) is 2.83. The Balaban J connectivity index is 1.62. The molecule has 0 aliphatic carbocycles. The first-order valence-corrected chi connectivity index (χ1v) is 9.31. The van der Waals surface area contributed by atoms with E-state index >= 15 is 0 Å². The molecule has 0 bridgehead atoms. The third-order valence-electron chi connectivity index (χ3n) is 3.93. The highest BCUT2D eigenvalue weighted by atomic mass is 32.1. The molecule has 0 saturated carbocycles. The van der Waals surface area contributed by atoms with Crippen molar-refractivity contribution < 1.29 is 4.79 Å². The van der Waals surface area contributed by atoms with Gasteiger partial charge in [-0.25, -0.2) is 4.98 Å². The molecule has 22 heavy (non-hydrogen) atoms. The summed E-state index contributed by atoms with van der Waals surface area (Å²) in [5.41, 5.74) is 0.868. The third kappa shape index (κ3) is 3.56. The molecule has 1 aliphatic heterocycles. The van der Waals surface area contributed by atoms with Gasteiger partial charge < -0.3 is 4.90 Å². The third-order valence-corrected chi connectivity index (χ3v) is 5.86. The Morgan fingerprint density at radius 1 is 1.27 bits per heavy atom. The Morgan fingerprint density at radius 3 is 2.82 bits per heavy atom. The van der Waals surface area contributed by atoms with E-state index in [4.69, 9.17) is 0 Å². The van der Waals surface area contributed by atoms with Crippen molar-refractivity contribution in [3.05, 3.63) is 38.0 Å². The number of carbonyl (C=O) groups is 1. The molecule has 0 N–H and O–H groups in total. The maximum absolute atomic E-state index is 12.7. The van der Waals surface area contributed by atoms with Gasteiger partial charge in [-0.2, -0.15) is 0 Å². The number of hydrogen-bond acceptors (Lipinski definition) is 5. The van der Waals surface area contributed by atoms with Crippen LogP contribution in [0.15, 0.2) is 17.5 Å². The fraction of sp³-hybridized carbons (Fsp3) is 0.500. The van der Waals surface area contributed by atoms with Crippen LogP contribution in [0.3, 0.4) is 0 Å². The molecule has 0 radical (unpaired) electrons. The molecule has 1 amide bonds. The summed E-state index contributed by atoms with van der Waals surface area (Å²) in [7, 11) is 0. The van der Waals surface area contributed by atoms with Gasteiger partial charge in [-0.3, -0.25) is 9.69 Å². The quantitative estimate of drug-likeness (QED) is 0.864. The molecule has 1 fully saturated rings. The van der Waals surface area contributed by atoms with Crippen LogP contribution in [0.1, 0.15) is 31.7 Å². The topological polar surface area (TPSA) is 36.4 Å². The second-order valence-corrected chi connectivity index (χ2v) is 7.88. The molecule has 4 nitrogen and oxygen atoms in total. The smallest absolute Gasteiger partial charge is 0.265 e. The highest BCUT2D eigenvalue weighted by molar-refractivity contribution is 7.13. The maximum Gasteiger partial charge on any atom is 0.265 e. The predicted octanol–water partition coefficient (Wildman–Crippen LogP) is 3.17. The summed E-state index contributed by atoms with van der Waals surface area (Å²) in [6.07, 6.45) is 1.04. The number of aryl methyl sites for hydroxylation is 2. The Labute approximate surface area is 139 Å². The van der Waals surface area contributed by atoms with Gasteiger partial charge in [-0.05, 0) is 31.7 Å². The average molecular weight is 335 g/mol. The largest absolute Gasteiger partial charge is 0.337 e. The highest BCUT2D eigenvalue weighted by Crippen LogP contribution is 2.20. The standard InChI is InChI=1S/C16H21N3OS2/c1-12-15(22-13(2)17-12)16(20)19-7-4-6-18(8-9-19)11-14-5-3-10-21-14/h3,5,10H,4,6-9,11H2,1-2H3. The van der Waals surface area contributed by atoms with Crippen LogP contribution >= 0.6 is 22.7 Å². The molecular weight excluding hydrogens is 314 g/mol. The van der Waals surface area contributed by atoms with Gasteiger partial charge in [-0.1, -0.05) is 6.07 Å². The van der Waals surface area contributed by atoms with Crippen molar-refractivity contribution in [2.45, 2.75) is 26.8 Å². The summed E-state index contributed by atoms with van der Waals surface area (Å²) in [5, 5.41) is 3.09. The van der Waals surface area contributed by atoms with Crippen LogP contribution in [0.25, 0.3) is 0 Å². The zero-order chi connectivity index (χ0) is 15.5. The predicted molar refractivity (Wildman–Crippen MR) is 91.7 cm³/mol. The molecule has 0 aromatic carbocycles. The van der Waals surface area contributed by atoms with Gasteiger partial charge in [0.05, 0.1) is 10.7 Å². The number of amides is 1. The number of thiazole rings is 1. The van der Waals surface area contributed by atoms with E-state index in [1.165, 1.54) is 16.2 Å². The zero-order valence-corrected chi connectivity index (χ0v) is 14.7. The molecule has 0 spiro atoms. The van der Waals surface area contributed by atoms with E-state index in [0.717, 1.165) is 54.7 Å². The van der Waals surface area contributed by atoms with Crippen LogP contribution in [0.2, 0.25) is 0 Å². The lowest BCUT2D eigenvalue weighted by molar-refractivity contribution is 0.0765. The molecule has 2 aromatic rings. The normalized spacial score (nSPS) is 16.7. The van der Waals surface area contributed by atoms with Crippen molar-refractivity contribution in [2.24, 2.45) is 0 Å². The summed E-state index contributed by atoms with van der Waals surface area (Å²) in [6.45, 7) is 8.54. The molecule has 1 aliphatic rings. The molecular formula is C16H21N3OS2.